The van der Waals surface area contributed by atoms with Gasteiger partial charge in [0.05, 0.1) is 6.54 Å². The zero-order valence-electron chi connectivity index (χ0n) is 11.2. The van der Waals surface area contributed by atoms with Gasteiger partial charge in [0.2, 0.25) is 0 Å². The van der Waals surface area contributed by atoms with Crippen LogP contribution in [0.3, 0.4) is 0 Å². The first kappa shape index (κ1) is 13.6. The zero-order valence-corrected chi connectivity index (χ0v) is 11.2. The number of aliphatic carboxylic acids is 1. The Kier molecular flexibility index (Phi) is 4.53. The molecule has 19 heavy (non-hydrogen) atoms. The summed E-state index contributed by atoms with van der Waals surface area (Å²) in [5.74, 6) is -0.769. The van der Waals surface area contributed by atoms with E-state index < -0.39 is 5.97 Å². The minimum absolute atomic E-state index is 0.0979. The first-order valence-electron chi connectivity index (χ1n) is 6.61. The van der Waals surface area contributed by atoms with E-state index in [-0.39, 0.29) is 6.54 Å². The van der Waals surface area contributed by atoms with Crippen LogP contribution < -0.4 is 0 Å². The van der Waals surface area contributed by atoms with Crippen LogP contribution in [0.2, 0.25) is 0 Å². The van der Waals surface area contributed by atoms with Crippen molar-refractivity contribution in [3.05, 3.63) is 48.0 Å². The maximum Gasteiger partial charge on any atom is 0.317 e. The molecule has 0 aliphatic heterocycles. The number of benzene rings is 2. The monoisotopic (exact) mass is 257 g/mol. The quantitative estimate of drug-likeness (QED) is 0.864. The van der Waals surface area contributed by atoms with Crippen LogP contribution in [-0.4, -0.2) is 29.1 Å². The third-order valence-electron chi connectivity index (χ3n) is 3.12. The minimum atomic E-state index is -0.769. The molecule has 100 valence electrons. The van der Waals surface area contributed by atoms with Crippen LogP contribution >= 0.6 is 0 Å². The van der Waals surface area contributed by atoms with E-state index in [0.29, 0.717) is 6.54 Å². The van der Waals surface area contributed by atoms with Crippen molar-refractivity contribution in [3.8, 4) is 0 Å². The molecule has 0 saturated heterocycles. The molecule has 3 nitrogen and oxygen atoms in total. The number of carbonyl (C=O) groups is 1. The summed E-state index contributed by atoms with van der Waals surface area (Å²) in [4.78, 5) is 12.8. The highest BCUT2D eigenvalue weighted by atomic mass is 16.4. The van der Waals surface area contributed by atoms with Crippen molar-refractivity contribution in [1.82, 2.24) is 4.90 Å². The lowest BCUT2D eigenvalue weighted by Crippen LogP contribution is -2.30. The highest BCUT2D eigenvalue weighted by Gasteiger charge is 2.09. The van der Waals surface area contributed by atoms with Crippen LogP contribution in [0, 0.1) is 0 Å². The molecule has 0 fully saturated rings. The summed E-state index contributed by atoms with van der Waals surface area (Å²) in [7, 11) is 0. The molecular weight excluding hydrogens is 238 g/mol. The SMILES string of the molecule is CCCN(CC(=O)O)Cc1ccc2ccccc2c1. The minimum Gasteiger partial charge on any atom is -0.480 e. The summed E-state index contributed by atoms with van der Waals surface area (Å²) in [5.41, 5.74) is 1.16. The lowest BCUT2D eigenvalue weighted by Gasteiger charge is -2.19. The van der Waals surface area contributed by atoms with Crippen molar-refractivity contribution in [1.29, 1.82) is 0 Å². The van der Waals surface area contributed by atoms with Crippen LogP contribution in [0.25, 0.3) is 10.8 Å². The topological polar surface area (TPSA) is 40.5 Å². The van der Waals surface area contributed by atoms with Gasteiger partial charge in [0, 0.05) is 6.54 Å². The van der Waals surface area contributed by atoms with Crippen molar-refractivity contribution in [2.45, 2.75) is 19.9 Å². The van der Waals surface area contributed by atoms with Gasteiger partial charge in [-0.3, -0.25) is 9.69 Å². The molecule has 0 aliphatic carbocycles. The van der Waals surface area contributed by atoms with Gasteiger partial charge in [-0.2, -0.15) is 0 Å². The molecule has 0 unspecified atom stereocenters. The van der Waals surface area contributed by atoms with Crippen LogP contribution in [0.1, 0.15) is 18.9 Å². The molecule has 0 atom stereocenters. The molecule has 2 rings (SSSR count). The fraction of sp³-hybridized carbons (Fsp3) is 0.312. The third-order valence-corrected chi connectivity index (χ3v) is 3.12. The normalized spacial score (nSPS) is 11.1. The molecule has 0 radical (unpaired) electrons. The molecule has 0 spiro atoms. The Labute approximate surface area is 113 Å². The van der Waals surface area contributed by atoms with E-state index in [2.05, 4.69) is 37.3 Å². The summed E-state index contributed by atoms with van der Waals surface area (Å²) in [6.07, 6.45) is 0.959. The van der Waals surface area contributed by atoms with Crippen LogP contribution in [0.5, 0.6) is 0 Å². The van der Waals surface area contributed by atoms with Gasteiger partial charge in [-0.05, 0) is 35.4 Å². The highest BCUT2D eigenvalue weighted by molar-refractivity contribution is 5.83. The Morgan fingerprint density at radius 2 is 1.89 bits per heavy atom. The predicted molar refractivity (Wildman–Crippen MR) is 77.2 cm³/mol. The van der Waals surface area contributed by atoms with E-state index >= 15 is 0 Å². The lowest BCUT2D eigenvalue weighted by molar-refractivity contribution is -0.138. The zero-order chi connectivity index (χ0) is 13.7. The van der Waals surface area contributed by atoms with Crippen LogP contribution in [-0.2, 0) is 11.3 Å². The first-order valence-corrected chi connectivity index (χ1v) is 6.61. The number of hydrogen-bond donors (Lipinski definition) is 1. The van der Waals surface area contributed by atoms with E-state index in [1.165, 1.54) is 10.8 Å². The summed E-state index contributed by atoms with van der Waals surface area (Å²) in [6.45, 7) is 3.65. The Morgan fingerprint density at radius 1 is 1.16 bits per heavy atom. The van der Waals surface area contributed by atoms with Gasteiger partial charge in [-0.1, -0.05) is 43.3 Å². The number of carboxylic acids is 1. The second kappa shape index (κ2) is 6.34. The molecule has 0 saturated carbocycles. The summed E-state index contributed by atoms with van der Waals surface area (Å²) in [5, 5.41) is 11.3. The van der Waals surface area contributed by atoms with E-state index in [1.54, 1.807) is 0 Å². The van der Waals surface area contributed by atoms with Crippen molar-refractivity contribution in [2.75, 3.05) is 13.1 Å². The number of carboxylic acid groups (broad SMARTS) is 1. The van der Waals surface area contributed by atoms with E-state index in [0.717, 1.165) is 18.5 Å². The molecule has 3 heteroatoms. The molecule has 0 bridgehead atoms. The molecule has 0 amide bonds. The molecule has 2 aromatic carbocycles. The standard InChI is InChI=1S/C16H19NO2/c1-2-9-17(12-16(18)19)11-13-7-8-14-5-3-4-6-15(14)10-13/h3-8,10H,2,9,11-12H2,1H3,(H,18,19). The highest BCUT2D eigenvalue weighted by Crippen LogP contribution is 2.16. The average Bonchev–Trinajstić information content (AvgIpc) is 2.38. The predicted octanol–water partition coefficient (Wildman–Crippen LogP) is 3.14. The molecule has 2 aromatic rings. The van der Waals surface area contributed by atoms with Gasteiger partial charge >= 0.3 is 5.97 Å². The van der Waals surface area contributed by atoms with E-state index in [1.807, 2.05) is 17.0 Å². The fourth-order valence-electron chi connectivity index (χ4n) is 2.32. The third kappa shape index (κ3) is 3.80. The Morgan fingerprint density at radius 3 is 2.58 bits per heavy atom. The Bertz CT molecular complexity index is 565. The van der Waals surface area contributed by atoms with Gasteiger partial charge in [0.15, 0.2) is 0 Å². The van der Waals surface area contributed by atoms with E-state index in [9.17, 15) is 4.79 Å². The molecule has 0 aromatic heterocycles. The smallest absolute Gasteiger partial charge is 0.317 e. The number of nitrogens with zero attached hydrogens (tertiary/aromatic N) is 1. The molecule has 0 heterocycles. The number of rotatable bonds is 6. The van der Waals surface area contributed by atoms with Gasteiger partial charge in [0.25, 0.3) is 0 Å². The van der Waals surface area contributed by atoms with Crippen molar-refractivity contribution in [2.24, 2.45) is 0 Å². The Balaban J connectivity index is 2.16. The molecule has 1 N–H and O–H groups in total. The lowest BCUT2D eigenvalue weighted by atomic mass is 10.1. The summed E-state index contributed by atoms with van der Waals surface area (Å²) in [6, 6.07) is 14.5. The number of hydrogen-bond acceptors (Lipinski definition) is 2. The van der Waals surface area contributed by atoms with E-state index in [4.69, 9.17) is 5.11 Å². The summed E-state index contributed by atoms with van der Waals surface area (Å²) < 4.78 is 0. The van der Waals surface area contributed by atoms with Gasteiger partial charge in [-0.25, -0.2) is 0 Å². The van der Waals surface area contributed by atoms with Crippen LogP contribution in [0.15, 0.2) is 42.5 Å². The molecular formula is C16H19NO2. The Hall–Kier alpha value is -1.87. The van der Waals surface area contributed by atoms with Crippen molar-refractivity contribution >= 4 is 16.7 Å². The van der Waals surface area contributed by atoms with Gasteiger partial charge in [-0.15, -0.1) is 0 Å². The van der Waals surface area contributed by atoms with Crippen molar-refractivity contribution in [3.63, 3.8) is 0 Å². The van der Waals surface area contributed by atoms with Gasteiger partial charge < -0.3 is 5.11 Å². The fourth-order valence-corrected chi connectivity index (χ4v) is 2.32. The summed E-state index contributed by atoms with van der Waals surface area (Å²) >= 11 is 0. The maximum absolute atomic E-state index is 10.8. The molecule has 0 aliphatic rings. The largest absolute Gasteiger partial charge is 0.480 e. The first-order chi connectivity index (χ1) is 9.19. The van der Waals surface area contributed by atoms with Gasteiger partial charge in [0.1, 0.15) is 0 Å². The maximum atomic E-state index is 10.8. The number of fused-ring (bicyclic) bond motifs is 1. The second-order valence-electron chi connectivity index (χ2n) is 4.79. The second-order valence-corrected chi connectivity index (χ2v) is 4.79. The van der Waals surface area contributed by atoms with Crippen molar-refractivity contribution < 1.29 is 9.90 Å². The van der Waals surface area contributed by atoms with Crippen LogP contribution in [0.4, 0.5) is 0 Å². The average molecular weight is 257 g/mol.